The van der Waals surface area contributed by atoms with Crippen LogP contribution < -0.4 is 10.1 Å². The normalized spacial score (nSPS) is 18.6. The van der Waals surface area contributed by atoms with Gasteiger partial charge in [-0.1, -0.05) is 42.5 Å². The summed E-state index contributed by atoms with van der Waals surface area (Å²) in [5.41, 5.74) is 2.70. The standard InChI is InChI=1S/C27H24N2O5/c1-32-20-11-12-23(33-2)25-19(20)15-16(26(30)29-25)13-14-28-27(31)24-17-7-3-5-9-21(17)34-22-10-6-4-8-18(22)24/h3-12,15,19,24H,13-14H2,1-2H3,(H,28,31). The first-order valence-electron chi connectivity index (χ1n) is 11.1. The van der Waals surface area contributed by atoms with Gasteiger partial charge in [-0.3, -0.25) is 9.59 Å². The fourth-order valence-electron chi connectivity index (χ4n) is 4.55. The molecule has 2 heterocycles. The van der Waals surface area contributed by atoms with Crippen LogP contribution in [0.25, 0.3) is 0 Å². The van der Waals surface area contributed by atoms with Gasteiger partial charge in [0.25, 0.3) is 5.91 Å². The van der Waals surface area contributed by atoms with Crippen molar-refractivity contribution in [2.75, 3.05) is 20.8 Å². The lowest BCUT2D eigenvalue weighted by Crippen LogP contribution is -2.33. The average Bonchev–Trinajstić information content (AvgIpc) is 2.86. The van der Waals surface area contributed by atoms with Crippen LogP contribution in [0.4, 0.5) is 0 Å². The topological polar surface area (TPSA) is 86.2 Å². The van der Waals surface area contributed by atoms with E-state index in [-0.39, 0.29) is 17.7 Å². The van der Waals surface area contributed by atoms with Crippen molar-refractivity contribution in [2.24, 2.45) is 10.9 Å². The number of methoxy groups -OCH3 is 2. The van der Waals surface area contributed by atoms with Gasteiger partial charge < -0.3 is 19.5 Å². The second-order valence-electron chi connectivity index (χ2n) is 8.13. The Bertz CT molecular complexity index is 1240. The quantitative estimate of drug-likeness (QED) is 0.709. The zero-order valence-corrected chi connectivity index (χ0v) is 18.9. The van der Waals surface area contributed by atoms with Crippen LogP contribution in [-0.2, 0) is 19.1 Å². The van der Waals surface area contributed by atoms with E-state index in [9.17, 15) is 9.59 Å². The summed E-state index contributed by atoms with van der Waals surface area (Å²) >= 11 is 0. The molecule has 0 bridgehead atoms. The first kappa shape index (κ1) is 21.7. The second kappa shape index (κ2) is 9.02. The molecule has 5 rings (SSSR count). The second-order valence-corrected chi connectivity index (χ2v) is 8.13. The van der Waals surface area contributed by atoms with Gasteiger partial charge in [0.15, 0.2) is 0 Å². The van der Waals surface area contributed by atoms with E-state index in [0.29, 0.717) is 47.3 Å². The van der Waals surface area contributed by atoms with E-state index in [1.54, 1.807) is 20.3 Å². The van der Waals surface area contributed by atoms with Crippen molar-refractivity contribution in [3.8, 4) is 11.5 Å². The van der Waals surface area contributed by atoms with Crippen molar-refractivity contribution < 1.29 is 23.8 Å². The van der Waals surface area contributed by atoms with Crippen molar-refractivity contribution in [1.29, 1.82) is 0 Å². The molecule has 0 saturated heterocycles. The molecule has 0 radical (unpaired) electrons. The summed E-state index contributed by atoms with van der Waals surface area (Å²) in [6, 6.07) is 15.1. The Hall–Kier alpha value is -4.13. The number of fused-ring (bicyclic) bond motifs is 3. The summed E-state index contributed by atoms with van der Waals surface area (Å²) < 4.78 is 16.8. The third-order valence-corrected chi connectivity index (χ3v) is 6.21. The highest BCUT2D eigenvalue weighted by atomic mass is 16.5. The molecule has 1 unspecified atom stereocenters. The number of amides is 2. The maximum absolute atomic E-state index is 13.3. The van der Waals surface area contributed by atoms with Gasteiger partial charge in [-0.25, -0.2) is 4.99 Å². The van der Waals surface area contributed by atoms with Gasteiger partial charge in [0.1, 0.15) is 28.7 Å². The van der Waals surface area contributed by atoms with E-state index in [2.05, 4.69) is 10.3 Å². The molecule has 0 spiro atoms. The van der Waals surface area contributed by atoms with E-state index in [4.69, 9.17) is 14.2 Å². The maximum Gasteiger partial charge on any atom is 0.273 e. The van der Waals surface area contributed by atoms with Crippen LogP contribution in [0.15, 0.2) is 88.8 Å². The monoisotopic (exact) mass is 456 g/mol. The molecule has 2 aromatic carbocycles. The Labute approximate surface area is 197 Å². The molecule has 3 aliphatic rings. The molecule has 172 valence electrons. The zero-order valence-electron chi connectivity index (χ0n) is 18.9. The van der Waals surface area contributed by atoms with Gasteiger partial charge >= 0.3 is 0 Å². The van der Waals surface area contributed by atoms with E-state index >= 15 is 0 Å². The average molecular weight is 456 g/mol. The number of ether oxygens (including phenoxy) is 3. The molecule has 1 atom stereocenters. The minimum absolute atomic E-state index is 0.143. The van der Waals surface area contributed by atoms with Gasteiger partial charge in [-0.15, -0.1) is 0 Å². The highest BCUT2D eigenvalue weighted by molar-refractivity contribution is 6.15. The lowest BCUT2D eigenvalue weighted by atomic mass is 9.87. The molecule has 1 N–H and O–H groups in total. The SMILES string of the molecule is COC1=CC=C(OC)C2C=C(CCNC(=O)C3c4ccccc4Oc4ccccc43)C(=O)N=C12. The minimum atomic E-state index is -0.488. The summed E-state index contributed by atoms with van der Waals surface area (Å²) in [6.45, 7) is 0.300. The highest BCUT2D eigenvalue weighted by Gasteiger charge is 2.34. The van der Waals surface area contributed by atoms with Gasteiger partial charge in [-0.2, -0.15) is 0 Å². The van der Waals surface area contributed by atoms with Crippen LogP contribution in [0.5, 0.6) is 11.5 Å². The molecule has 0 fully saturated rings. The van der Waals surface area contributed by atoms with Crippen LogP contribution in [0.2, 0.25) is 0 Å². The number of para-hydroxylation sites is 2. The first-order chi connectivity index (χ1) is 16.6. The third kappa shape index (κ3) is 3.79. The molecule has 0 saturated carbocycles. The number of rotatable bonds is 6. The summed E-state index contributed by atoms with van der Waals surface area (Å²) in [5.74, 6) is 1.32. The predicted octanol–water partition coefficient (Wildman–Crippen LogP) is 4.03. The van der Waals surface area contributed by atoms with Gasteiger partial charge in [0.05, 0.1) is 26.1 Å². The number of nitrogens with one attached hydrogen (secondary N) is 1. The van der Waals surface area contributed by atoms with Crippen molar-refractivity contribution in [3.05, 3.63) is 95.0 Å². The van der Waals surface area contributed by atoms with Crippen molar-refractivity contribution in [2.45, 2.75) is 12.3 Å². The Kier molecular flexibility index (Phi) is 5.76. The number of carbonyl (C=O) groups is 2. The zero-order chi connectivity index (χ0) is 23.7. The number of benzene rings is 2. The Morgan fingerprint density at radius 2 is 1.68 bits per heavy atom. The Balaban J connectivity index is 1.32. The van der Waals surface area contributed by atoms with Gasteiger partial charge in [0, 0.05) is 23.2 Å². The summed E-state index contributed by atoms with van der Waals surface area (Å²) in [6.07, 6.45) is 5.75. The fraction of sp³-hybridized carbons (Fsp3) is 0.222. The molecule has 7 heteroatoms. The number of nitrogens with zero attached hydrogens (tertiary/aromatic N) is 1. The van der Waals surface area contributed by atoms with Crippen LogP contribution in [0.3, 0.4) is 0 Å². The largest absolute Gasteiger partial charge is 0.500 e. The van der Waals surface area contributed by atoms with Crippen molar-refractivity contribution >= 4 is 17.5 Å². The van der Waals surface area contributed by atoms with E-state index in [1.165, 1.54) is 0 Å². The number of hydrogen-bond acceptors (Lipinski definition) is 5. The van der Waals surface area contributed by atoms with E-state index < -0.39 is 5.92 Å². The number of aliphatic imine (C=N–C) groups is 1. The molecule has 2 aromatic rings. The summed E-state index contributed by atoms with van der Waals surface area (Å²) in [7, 11) is 3.13. The molecule has 0 aromatic heterocycles. The molecule has 2 aliphatic heterocycles. The third-order valence-electron chi connectivity index (χ3n) is 6.21. The van der Waals surface area contributed by atoms with Crippen molar-refractivity contribution in [1.82, 2.24) is 5.32 Å². The molecule has 1 aliphatic carbocycles. The van der Waals surface area contributed by atoms with Gasteiger partial charge in [-0.05, 0) is 30.7 Å². The number of hydrogen-bond donors (Lipinski definition) is 1. The molecular weight excluding hydrogens is 432 g/mol. The van der Waals surface area contributed by atoms with Crippen LogP contribution in [0, 0.1) is 5.92 Å². The lowest BCUT2D eigenvalue weighted by Gasteiger charge is -2.28. The van der Waals surface area contributed by atoms with E-state index in [1.807, 2.05) is 60.7 Å². The molecular formula is C27H24N2O5. The van der Waals surface area contributed by atoms with Crippen LogP contribution in [-0.4, -0.2) is 38.3 Å². The van der Waals surface area contributed by atoms with Crippen LogP contribution in [0.1, 0.15) is 23.5 Å². The number of allylic oxidation sites excluding steroid dienone is 4. The van der Waals surface area contributed by atoms with Crippen LogP contribution >= 0.6 is 0 Å². The summed E-state index contributed by atoms with van der Waals surface area (Å²) in [5, 5.41) is 3.00. The number of dihydropyridines is 1. The number of carbonyl (C=O) groups excluding carboxylic acids is 2. The maximum atomic E-state index is 13.3. The van der Waals surface area contributed by atoms with Gasteiger partial charge in [0.2, 0.25) is 5.91 Å². The smallest absolute Gasteiger partial charge is 0.273 e. The van der Waals surface area contributed by atoms with E-state index in [0.717, 1.165) is 11.1 Å². The molecule has 7 nitrogen and oxygen atoms in total. The Morgan fingerprint density at radius 1 is 1.00 bits per heavy atom. The Morgan fingerprint density at radius 3 is 2.32 bits per heavy atom. The molecule has 34 heavy (non-hydrogen) atoms. The first-order valence-corrected chi connectivity index (χ1v) is 11.1. The highest BCUT2D eigenvalue weighted by Crippen LogP contribution is 2.43. The summed E-state index contributed by atoms with van der Waals surface area (Å²) in [4.78, 5) is 30.2. The molecule has 2 amide bonds. The fourth-order valence-corrected chi connectivity index (χ4v) is 4.55. The van der Waals surface area contributed by atoms with Crippen molar-refractivity contribution in [3.63, 3.8) is 0 Å². The predicted molar refractivity (Wildman–Crippen MR) is 127 cm³/mol. The minimum Gasteiger partial charge on any atom is -0.500 e. The lowest BCUT2D eigenvalue weighted by molar-refractivity contribution is -0.122.